The molecule has 2 aromatic rings. The standard InChI is InChI=1S/C23H30N4O2/c1-25-21(12-14-24-25)23(29)27-15-6-10-19-17-26(16-13-20(19)27)22(28)11-5-9-18-7-3-2-4-8-18/h2-4,7-8,12,14,19-20H,5-6,9-11,13,15-17H2,1H3/t19-,20+/m1/s1. The lowest BCUT2D eigenvalue weighted by Crippen LogP contribution is -2.56. The Balaban J connectivity index is 1.32. The first kappa shape index (κ1) is 19.7. The molecule has 29 heavy (non-hydrogen) atoms. The lowest BCUT2D eigenvalue weighted by Gasteiger charge is -2.47. The first-order valence-corrected chi connectivity index (χ1v) is 10.7. The Kier molecular flexibility index (Phi) is 5.97. The summed E-state index contributed by atoms with van der Waals surface area (Å²) in [5, 5.41) is 4.14. The van der Waals surface area contributed by atoms with Crippen molar-refractivity contribution in [3.63, 3.8) is 0 Å². The van der Waals surface area contributed by atoms with Gasteiger partial charge in [-0.1, -0.05) is 30.3 Å². The number of amides is 2. The van der Waals surface area contributed by atoms with Gasteiger partial charge in [0.2, 0.25) is 5.91 Å². The monoisotopic (exact) mass is 394 g/mol. The van der Waals surface area contributed by atoms with Crippen LogP contribution in [0.15, 0.2) is 42.6 Å². The van der Waals surface area contributed by atoms with E-state index in [1.54, 1.807) is 16.9 Å². The molecule has 1 aromatic heterocycles. The molecule has 3 heterocycles. The average molecular weight is 395 g/mol. The molecule has 6 nitrogen and oxygen atoms in total. The molecule has 2 fully saturated rings. The molecule has 2 atom stereocenters. The highest BCUT2D eigenvalue weighted by Crippen LogP contribution is 2.32. The summed E-state index contributed by atoms with van der Waals surface area (Å²) in [5.74, 6) is 0.713. The summed E-state index contributed by atoms with van der Waals surface area (Å²) >= 11 is 0. The van der Waals surface area contributed by atoms with Crippen LogP contribution in [0.5, 0.6) is 0 Å². The fourth-order valence-electron chi connectivity index (χ4n) is 4.86. The summed E-state index contributed by atoms with van der Waals surface area (Å²) in [6.45, 7) is 2.33. The number of carbonyl (C=O) groups is 2. The molecule has 2 amide bonds. The van der Waals surface area contributed by atoms with E-state index in [2.05, 4.69) is 17.2 Å². The van der Waals surface area contributed by atoms with Gasteiger partial charge in [-0.15, -0.1) is 0 Å². The van der Waals surface area contributed by atoms with E-state index in [1.807, 2.05) is 35.0 Å². The first-order chi connectivity index (χ1) is 14.1. The van der Waals surface area contributed by atoms with E-state index >= 15 is 0 Å². The predicted octanol–water partition coefficient (Wildman–Crippen LogP) is 2.90. The summed E-state index contributed by atoms with van der Waals surface area (Å²) in [5.41, 5.74) is 1.93. The van der Waals surface area contributed by atoms with Crippen molar-refractivity contribution in [1.29, 1.82) is 0 Å². The number of fused-ring (bicyclic) bond motifs is 1. The van der Waals surface area contributed by atoms with Crippen LogP contribution in [0.3, 0.4) is 0 Å². The zero-order chi connectivity index (χ0) is 20.2. The van der Waals surface area contributed by atoms with E-state index in [0.717, 1.165) is 51.7 Å². The van der Waals surface area contributed by atoms with Gasteiger partial charge < -0.3 is 9.80 Å². The maximum Gasteiger partial charge on any atom is 0.272 e. The Morgan fingerprint density at radius 2 is 1.93 bits per heavy atom. The maximum atomic E-state index is 13.0. The Hall–Kier alpha value is -2.63. The van der Waals surface area contributed by atoms with Crippen molar-refractivity contribution in [2.45, 2.75) is 44.6 Å². The Morgan fingerprint density at radius 3 is 2.69 bits per heavy atom. The number of nitrogens with zero attached hydrogens (tertiary/aromatic N) is 4. The van der Waals surface area contributed by atoms with E-state index < -0.39 is 0 Å². The predicted molar refractivity (Wildman–Crippen MR) is 111 cm³/mol. The first-order valence-electron chi connectivity index (χ1n) is 10.7. The van der Waals surface area contributed by atoms with Crippen LogP contribution < -0.4 is 0 Å². The SMILES string of the molecule is Cn1nccc1C(=O)N1CCC[C@@H]2CN(C(=O)CCCc3ccccc3)CC[C@@H]21. The fourth-order valence-corrected chi connectivity index (χ4v) is 4.86. The van der Waals surface area contributed by atoms with Crippen LogP contribution in [0.2, 0.25) is 0 Å². The molecule has 6 heteroatoms. The summed E-state index contributed by atoms with van der Waals surface area (Å²) in [6.07, 6.45) is 7.07. The summed E-state index contributed by atoms with van der Waals surface area (Å²) in [6, 6.07) is 12.4. The molecule has 0 N–H and O–H groups in total. The third-order valence-electron chi connectivity index (χ3n) is 6.42. The number of aromatic nitrogens is 2. The lowest BCUT2D eigenvalue weighted by atomic mass is 9.83. The number of piperidine rings is 2. The number of aryl methyl sites for hydroxylation is 2. The van der Waals surface area contributed by atoms with Crippen LogP contribution in [-0.2, 0) is 18.3 Å². The molecule has 0 saturated carbocycles. The minimum atomic E-state index is 0.0716. The van der Waals surface area contributed by atoms with E-state index in [-0.39, 0.29) is 17.9 Å². The highest BCUT2D eigenvalue weighted by Gasteiger charge is 2.39. The van der Waals surface area contributed by atoms with E-state index in [9.17, 15) is 9.59 Å². The molecule has 0 aliphatic carbocycles. The topological polar surface area (TPSA) is 58.4 Å². The quantitative estimate of drug-likeness (QED) is 0.784. The van der Waals surface area contributed by atoms with Gasteiger partial charge in [-0.05, 0) is 49.7 Å². The normalized spacial score (nSPS) is 21.7. The molecule has 0 unspecified atom stereocenters. The van der Waals surface area contributed by atoms with Gasteiger partial charge in [0, 0.05) is 45.3 Å². The molecule has 0 bridgehead atoms. The number of likely N-dealkylation sites (tertiary alicyclic amines) is 2. The highest BCUT2D eigenvalue weighted by molar-refractivity contribution is 5.92. The molecule has 2 saturated heterocycles. The van der Waals surface area contributed by atoms with Crippen LogP contribution in [-0.4, -0.2) is 57.1 Å². The number of benzene rings is 1. The van der Waals surface area contributed by atoms with Gasteiger partial charge in [-0.3, -0.25) is 14.3 Å². The Morgan fingerprint density at radius 1 is 1.10 bits per heavy atom. The van der Waals surface area contributed by atoms with E-state index in [0.29, 0.717) is 18.0 Å². The van der Waals surface area contributed by atoms with Crippen LogP contribution in [0.25, 0.3) is 0 Å². The molecule has 154 valence electrons. The number of hydrogen-bond donors (Lipinski definition) is 0. The van der Waals surface area contributed by atoms with Gasteiger partial charge in [-0.2, -0.15) is 5.10 Å². The number of rotatable bonds is 5. The van der Waals surface area contributed by atoms with Crippen LogP contribution in [0, 0.1) is 5.92 Å². The minimum Gasteiger partial charge on any atom is -0.342 e. The van der Waals surface area contributed by atoms with Crippen molar-refractivity contribution in [1.82, 2.24) is 19.6 Å². The zero-order valence-electron chi connectivity index (χ0n) is 17.2. The molecule has 0 radical (unpaired) electrons. The summed E-state index contributed by atoms with van der Waals surface area (Å²) in [4.78, 5) is 29.8. The largest absolute Gasteiger partial charge is 0.342 e. The molecule has 0 spiro atoms. The van der Waals surface area contributed by atoms with E-state index in [1.165, 1.54) is 5.56 Å². The van der Waals surface area contributed by atoms with Crippen molar-refractivity contribution < 1.29 is 9.59 Å². The molecule has 4 rings (SSSR count). The van der Waals surface area contributed by atoms with Crippen molar-refractivity contribution in [3.8, 4) is 0 Å². The third-order valence-corrected chi connectivity index (χ3v) is 6.42. The summed E-state index contributed by atoms with van der Waals surface area (Å²) in [7, 11) is 1.81. The molecular weight excluding hydrogens is 364 g/mol. The highest BCUT2D eigenvalue weighted by atomic mass is 16.2. The third kappa shape index (κ3) is 4.36. The van der Waals surface area contributed by atoms with Crippen molar-refractivity contribution >= 4 is 11.8 Å². The van der Waals surface area contributed by atoms with Crippen LogP contribution >= 0.6 is 0 Å². The van der Waals surface area contributed by atoms with Crippen molar-refractivity contribution in [2.24, 2.45) is 13.0 Å². The smallest absolute Gasteiger partial charge is 0.272 e. The van der Waals surface area contributed by atoms with E-state index in [4.69, 9.17) is 0 Å². The second kappa shape index (κ2) is 8.80. The summed E-state index contributed by atoms with van der Waals surface area (Å²) < 4.78 is 1.65. The average Bonchev–Trinajstić information content (AvgIpc) is 3.19. The van der Waals surface area contributed by atoms with Crippen LogP contribution in [0.1, 0.15) is 48.2 Å². The number of hydrogen-bond acceptors (Lipinski definition) is 3. The molecule has 2 aliphatic rings. The van der Waals surface area contributed by atoms with Gasteiger partial charge in [0.1, 0.15) is 5.69 Å². The van der Waals surface area contributed by atoms with Gasteiger partial charge in [0.25, 0.3) is 5.91 Å². The number of carbonyl (C=O) groups excluding carboxylic acids is 2. The van der Waals surface area contributed by atoms with Gasteiger partial charge in [0.15, 0.2) is 0 Å². The second-order valence-corrected chi connectivity index (χ2v) is 8.28. The zero-order valence-corrected chi connectivity index (χ0v) is 17.2. The Labute approximate surface area is 172 Å². The minimum absolute atomic E-state index is 0.0716. The Bertz CT molecular complexity index is 848. The van der Waals surface area contributed by atoms with Crippen molar-refractivity contribution in [2.75, 3.05) is 19.6 Å². The molecule has 2 aliphatic heterocycles. The molecule has 1 aromatic carbocycles. The lowest BCUT2D eigenvalue weighted by molar-refractivity contribution is -0.134. The van der Waals surface area contributed by atoms with Crippen LogP contribution in [0.4, 0.5) is 0 Å². The van der Waals surface area contributed by atoms with Crippen molar-refractivity contribution in [3.05, 3.63) is 53.9 Å². The molecular formula is C23H30N4O2. The maximum absolute atomic E-state index is 13.0. The van der Waals surface area contributed by atoms with Gasteiger partial charge >= 0.3 is 0 Å². The van der Waals surface area contributed by atoms with Gasteiger partial charge in [-0.25, -0.2) is 0 Å². The fraction of sp³-hybridized carbons (Fsp3) is 0.522. The second-order valence-electron chi connectivity index (χ2n) is 8.28. The van der Waals surface area contributed by atoms with Gasteiger partial charge in [0.05, 0.1) is 0 Å².